The van der Waals surface area contributed by atoms with Crippen molar-refractivity contribution in [2.24, 2.45) is 5.92 Å². The number of fused-ring (bicyclic) bond motifs is 2. The molecule has 0 spiro atoms. The summed E-state index contributed by atoms with van der Waals surface area (Å²) in [6, 6.07) is 10.0. The first-order valence-corrected chi connectivity index (χ1v) is 16.9. The second-order valence-corrected chi connectivity index (χ2v) is 13.2. The molecule has 0 radical (unpaired) electrons. The average Bonchev–Trinajstić information content (AvgIpc) is 3.67. The molecule has 0 bridgehead atoms. The number of urea groups is 1. The summed E-state index contributed by atoms with van der Waals surface area (Å²) in [5, 5.41) is 19.7. The van der Waals surface area contributed by atoms with Crippen LogP contribution >= 0.6 is 0 Å². The van der Waals surface area contributed by atoms with Crippen molar-refractivity contribution in [3.05, 3.63) is 59.0 Å². The molecule has 3 heterocycles. The van der Waals surface area contributed by atoms with Crippen molar-refractivity contribution in [1.29, 1.82) is 0 Å². The first-order valence-electron chi connectivity index (χ1n) is 16.9. The van der Waals surface area contributed by atoms with E-state index in [9.17, 15) is 14.7 Å². The van der Waals surface area contributed by atoms with E-state index in [1.807, 2.05) is 32.0 Å². The van der Waals surface area contributed by atoms with E-state index in [0.29, 0.717) is 60.4 Å². The topological polar surface area (TPSA) is 148 Å². The molecule has 0 aliphatic carbocycles. The number of hydrogen-bond acceptors (Lipinski definition) is 10. The van der Waals surface area contributed by atoms with Crippen molar-refractivity contribution < 1.29 is 38.2 Å². The number of aryl methyl sites for hydroxylation is 2. The third kappa shape index (κ3) is 9.22. The summed E-state index contributed by atoms with van der Waals surface area (Å²) in [4.78, 5) is 31.2. The number of carbonyl (C=O) groups excluding carboxylic acids is 2. The Hall–Kier alpha value is -4.33. The lowest BCUT2D eigenvalue weighted by molar-refractivity contribution is -0.0177. The number of nitrogens with zero attached hydrogens (tertiary/aromatic N) is 3. The number of aliphatic hydroxyl groups excluding tert-OH is 1. The number of hydrogen-bond donors (Lipinski definition) is 3. The number of benzene rings is 2. The molecule has 5 rings (SSSR count). The van der Waals surface area contributed by atoms with Gasteiger partial charge in [0.1, 0.15) is 17.1 Å². The maximum atomic E-state index is 14.4. The van der Waals surface area contributed by atoms with E-state index in [0.717, 1.165) is 36.3 Å². The SMILES string of the molecule is Cc1noc(C)c1NC(=O)Nc1ccc2c(c1)C(=O)N([C@@H](C)CO)C[C@@H](C)[C@H](CN(C)Cc1ccc3c(c1)OCO3)OCCCC[C@H](C)O2. The van der Waals surface area contributed by atoms with Gasteiger partial charge in [-0.1, -0.05) is 18.1 Å². The minimum Gasteiger partial charge on any atom is -0.490 e. The van der Waals surface area contributed by atoms with Gasteiger partial charge in [0.25, 0.3) is 5.91 Å². The minimum absolute atomic E-state index is 0.0782. The minimum atomic E-state index is -0.504. The standard InChI is InChI=1S/C36H49N5O8/c1-22-17-41(23(2)20-42)35(43)29-16-28(37-36(44)38-34-25(4)39-49-26(34)5)11-13-30(29)48-24(3)9-7-8-14-45-33(22)19-40(6)18-27-10-12-31-32(15-27)47-21-46-31/h10-13,15-16,22-24,33,42H,7-9,14,17-21H2,1-6H3,(H2,37,38,44)/t22-,23+,24+,33+/m1/s1. The molecule has 0 saturated carbocycles. The summed E-state index contributed by atoms with van der Waals surface area (Å²) >= 11 is 0. The van der Waals surface area contributed by atoms with Crippen LogP contribution in [0, 0.1) is 19.8 Å². The molecule has 3 amide bonds. The quantitative estimate of drug-likeness (QED) is 0.275. The predicted molar refractivity (Wildman–Crippen MR) is 184 cm³/mol. The smallest absolute Gasteiger partial charge is 0.323 e. The van der Waals surface area contributed by atoms with Crippen LogP contribution < -0.4 is 24.8 Å². The molecule has 0 fully saturated rings. The van der Waals surface area contributed by atoms with Gasteiger partial charge >= 0.3 is 6.03 Å². The Morgan fingerprint density at radius 3 is 2.61 bits per heavy atom. The first kappa shape index (κ1) is 36.0. The number of aromatic nitrogens is 1. The fourth-order valence-corrected chi connectivity index (χ4v) is 6.12. The van der Waals surface area contributed by atoms with Gasteiger partial charge in [-0.05, 0) is 89.9 Å². The summed E-state index contributed by atoms with van der Waals surface area (Å²) in [6.07, 6.45) is 2.19. The largest absolute Gasteiger partial charge is 0.490 e. The number of likely N-dealkylation sites (N-methyl/N-ethyl adjacent to an activating group) is 1. The third-order valence-corrected chi connectivity index (χ3v) is 8.96. The fraction of sp³-hybridized carbons (Fsp3) is 0.528. The summed E-state index contributed by atoms with van der Waals surface area (Å²) < 4.78 is 29.0. The Morgan fingerprint density at radius 2 is 1.86 bits per heavy atom. The number of carbonyl (C=O) groups is 2. The molecule has 3 aromatic rings. The number of rotatable bonds is 8. The van der Waals surface area contributed by atoms with Crippen LogP contribution in [0.15, 0.2) is 40.9 Å². The van der Waals surface area contributed by atoms with Gasteiger partial charge in [-0.15, -0.1) is 0 Å². The highest BCUT2D eigenvalue weighted by molar-refractivity contribution is 6.03. The number of anilines is 2. The van der Waals surface area contributed by atoms with Crippen LogP contribution in [0.2, 0.25) is 0 Å². The normalized spacial score (nSPS) is 20.7. The van der Waals surface area contributed by atoms with Gasteiger partial charge in [-0.25, -0.2) is 4.79 Å². The predicted octanol–water partition coefficient (Wildman–Crippen LogP) is 5.59. The van der Waals surface area contributed by atoms with E-state index in [4.69, 9.17) is 23.5 Å². The highest BCUT2D eigenvalue weighted by atomic mass is 16.7. The third-order valence-electron chi connectivity index (χ3n) is 8.96. The second kappa shape index (κ2) is 16.4. The summed E-state index contributed by atoms with van der Waals surface area (Å²) in [5.74, 6) is 2.02. The van der Waals surface area contributed by atoms with Crippen molar-refractivity contribution in [3.63, 3.8) is 0 Å². The van der Waals surface area contributed by atoms with Crippen molar-refractivity contribution in [2.45, 2.75) is 78.7 Å². The Balaban J connectivity index is 1.37. The lowest BCUT2D eigenvalue weighted by Gasteiger charge is -2.36. The van der Waals surface area contributed by atoms with E-state index < -0.39 is 12.1 Å². The zero-order valence-corrected chi connectivity index (χ0v) is 29.3. The van der Waals surface area contributed by atoms with Gasteiger partial charge in [-0.3, -0.25) is 9.69 Å². The summed E-state index contributed by atoms with van der Waals surface area (Å²) in [7, 11) is 2.05. The van der Waals surface area contributed by atoms with Crippen LogP contribution in [0.1, 0.15) is 67.4 Å². The molecule has 13 heteroatoms. The number of ether oxygens (including phenoxy) is 4. The number of amides is 3. The molecule has 266 valence electrons. The van der Waals surface area contributed by atoms with Crippen LogP contribution in [-0.4, -0.2) is 90.4 Å². The summed E-state index contributed by atoms with van der Waals surface area (Å²) in [5.41, 5.74) is 2.84. The van der Waals surface area contributed by atoms with Crippen LogP contribution in [0.4, 0.5) is 16.2 Å². The molecule has 4 atom stereocenters. The Labute approximate surface area is 287 Å². The Bertz CT molecular complexity index is 1580. The van der Waals surface area contributed by atoms with E-state index in [2.05, 4.69) is 34.7 Å². The second-order valence-electron chi connectivity index (χ2n) is 13.2. The number of nitrogens with one attached hydrogen (secondary N) is 2. The van der Waals surface area contributed by atoms with Gasteiger partial charge in [0.15, 0.2) is 17.3 Å². The Morgan fingerprint density at radius 1 is 1.08 bits per heavy atom. The molecule has 13 nitrogen and oxygen atoms in total. The van der Waals surface area contributed by atoms with Crippen molar-refractivity contribution in [1.82, 2.24) is 15.0 Å². The van der Waals surface area contributed by atoms with Crippen molar-refractivity contribution in [2.75, 3.05) is 50.8 Å². The van der Waals surface area contributed by atoms with E-state index in [1.54, 1.807) is 36.9 Å². The molecule has 2 aromatic carbocycles. The van der Waals surface area contributed by atoms with Crippen LogP contribution in [0.25, 0.3) is 0 Å². The molecule has 3 N–H and O–H groups in total. The van der Waals surface area contributed by atoms with E-state index in [1.165, 1.54) is 0 Å². The van der Waals surface area contributed by atoms with Crippen LogP contribution in [0.5, 0.6) is 17.2 Å². The molecule has 0 saturated heterocycles. The van der Waals surface area contributed by atoms with Crippen LogP contribution in [-0.2, 0) is 11.3 Å². The highest BCUT2D eigenvalue weighted by Gasteiger charge is 2.30. The number of aliphatic hydroxyl groups is 1. The monoisotopic (exact) mass is 679 g/mol. The summed E-state index contributed by atoms with van der Waals surface area (Å²) in [6.45, 7) is 11.6. The first-order chi connectivity index (χ1) is 23.5. The van der Waals surface area contributed by atoms with Gasteiger partial charge in [-0.2, -0.15) is 0 Å². The molecular weight excluding hydrogens is 630 g/mol. The molecule has 49 heavy (non-hydrogen) atoms. The lowest BCUT2D eigenvalue weighted by atomic mass is 10.0. The lowest BCUT2D eigenvalue weighted by Crippen LogP contribution is -2.47. The zero-order chi connectivity index (χ0) is 35.1. The fourth-order valence-electron chi connectivity index (χ4n) is 6.12. The van der Waals surface area contributed by atoms with Gasteiger partial charge in [0, 0.05) is 37.8 Å². The van der Waals surface area contributed by atoms with Crippen molar-refractivity contribution >= 4 is 23.3 Å². The molecule has 1 aromatic heterocycles. The molecular formula is C36H49N5O8. The average molecular weight is 680 g/mol. The Kier molecular flexibility index (Phi) is 12.0. The molecule has 2 aliphatic heterocycles. The molecule has 0 unspecified atom stereocenters. The zero-order valence-electron chi connectivity index (χ0n) is 29.3. The highest BCUT2D eigenvalue weighted by Crippen LogP contribution is 2.33. The molecule has 2 aliphatic rings. The van der Waals surface area contributed by atoms with E-state index >= 15 is 0 Å². The van der Waals surface area contributed by atoms with Gasteiger partial charge in [0.2, 0.25) is 6.79 Å². The van der Waals surface area contributed by atoms with Crippen LogP contribution in [0.3, 0.4) is 0 Å². The van der Waals surface area contributed by atoms with Gasteiger partial charge in [0.05, 0.1) is 30.4 Å². The maximum Gasteiger partial charge on any atom is 0.323 e. The van der Waals surface area contributed by atoms with Crippen molar-refractivity contribution in [3.8, 4) is 17.2 Å². The van der Waals surface area contributed by atoms with Gasteiger partial charge < -0.3 is 44.1 Å². The maximum absolute atomic E-state index is 14.4. The van der Waals surface area contributed by atoms with E-state index in [-0.39, 0.29) is 37.4 Å².